The molecule has 1 aromatic heterocycles. The Morgan fingerprint density at radius 1 is 1.35 bits per heavy atom. The summed E-state index contributed by atoms with van der Waals surface area (Å²) in [5.41, 5.74) is 1.54. The second-order valence-corrected chi connectivity index (χ2v) is 3.63. The quantitative estimate of drug-likeness (QED) is 0.883. The van der Waals surface area contributed by atoms with Crippen molar-refractivity contribution in [3.63, 3.8) is 0 Å². The molecule has 17 heavy (non-hydrogen) atoms. The lowest BCUT2D eigenvalue weighted by Crippen LogP contribution is -2.00. The van der Waals surface area contributed by atoms with Crippen LogP contribution in [0.3, 0.4) is 0 Å². The van der Waals surface area contributed by atoms with Gasteiger partial charge in [-0.1, -0.05) is 18.2 Å². The molecule has 1 N–H and O–H groups in total. The smallest absolute Gasteiger partial charge is 0.307 e. The minimum atomic E-state index is -0.974. The fourth-order valence-electron chi connectivity index (χ4n) is 1.60. The number of hydrogen-bond acceptors (Lipinski definition) is 2. The minimum absolute atomic E-state index is 0.176. The van der Waals surface area contributed by atoms with E-state index in [4.69, 9.17) is 5.11 Å². The summed E-state index contributed by atoms with van der Waals surface area (Å²) in [5, 5.41) is 8.61. The Labute approximate surface area is 97.6 Å². The van der Waals surface area contributed by atoms with E-state index < -0.39 is 11.8 Å². The number of rotatable bonds is 3. The van der Waals surface area contributed by atoms with E-state index in [-0.39, 0.29) is 6.42 Å². The lowest BCUT2D eigenvalue weighted by Gasteiger charge is -2.04. The number of carboxylic acid groups (broad SMARTS) is 1. The molecule has 4 heteroatoms. The molecule has 0 aliphatic carbocycles. The summed E-state index contributed by atoms with van der Waals surface area (Å²) in [7, 11) is 0. The van der Waals surface area contributed by atoms with Gasteiger partial charge in [0.2, 0.25) is 0 Å². The van der Waals surface area contributed by atoms with Crippen LogP contribution in [-0.2, 0) is 11.2 Å². The van der Waals surface area contributed by atoms with Crippen LogP contribution < -0.4 is 0 Å². The predicted molar refractivity (Wildman–Crippen MR) is 61.0 cm³/mol. The van der Waals surface area contributed by atoms with Crippen LogP contribution in [-0.4, -0.2) is 16.1 Å². The summed E-state index contributed by atoms with van der Waals surface area (Å²) in [4.78, 5) is 14.4. The van der Waals surface area contributed by atoms with Crippen LogP contribution >= 0.6 is 0 Å². The van der Waals surface area contributed by atoms with Crippen molar-refractivity contribution in [2.45, 2.75) is 6.42 Å². The van der Waals surface area contributed by atoms with Crippen molar-refractivity contribution in [2.75, 3.05) is 0 Å². The predicted octanol–water partition coefficient (Wildman–Crippen LogP) is 2.51. The Balaban J connectivity index is 2.35. The van der Waals surface area contributed by atoms with Crippen LogP contribution in [0.2, 0.25) is 0 Å². The van der Waals surface area contributed by atoms with Crippen molar-refractivity contribution in [3.8, 4) is 11.1 Å². The molecule has 0 unspecified atom stereocenters. The third-order valence-electron chi connectivity index (χ3n) is 2.36. The molecule has 0 radical (unpaired) electrons. The van der Waals surface area contributed by atoms with E-state index >= 15 is 0 Å². The molecule has 1 heterocycles. The van der Waals surface area contributed by atoms with Gasteiger partial charge in [0.1, 0.15) is 5.82 Å². The summed E-state index contributed by atoms with van der Waals surface area (Å²) in [6.07, 6.45) is 3.00. The fourth-order valence-corrected chi connectivity index (χ4v) is 1.60. The maximum atomic E-state index is 13.8. The van der Waals surface area contributed by atoms with Crippen molar-refractivity contribution in [3.05, 3.63) is 54.1 Å². The maximum Gasteiger partial charge on any atom is 0.307 e. The summed E-state index contributed by atoms with van der Waals surface area (Å²) in [6, 6.07) is 7.91. The van der Waals surface area contributed by atoms with Crippen LogP contribution in [0.5, 0.6) is 0 Å². The Hall–Kier alpha value is -2.23. The molecular weight excluding hydrogens is 221 g/mol. The molecule has 0 aliphatic heterocycles. The lowest BCUT2D eigenvalue weighted by atomic mass is 10.0. The van der Waals surface area contributed by atoms with Gasteiger partial charge in [-0.2, -0.15) is 0 Å². The monoisotopic (exact) mass is 231 g/mol. The number of nitrogens with zero attached hydrogens (tertiary/aromatic N) is 1. The van der Waals surface area contributed by atoms with E-state index in [1.807, 2.05) is 0 Å². The first-order chi connectivity index (χ1) is 8.16. The molecule has 0 saturated carbocycles. The fraction of sp³-hybridized carbons (Fsp3) is 0.0769. The van der Waals surface area contributed by atoms with Crippen molar-refractivity contribution in [1.82, 2.24) is 4.98 Å². The average molecular weight is 231 g/mol. The van der Waals surface area contributed by atoms with E-state index in [0.29, 0.717) is 16.7 Å². The molecule has 0 bridgehead atoms. The Kier molecular flexibility index (Phi) is 3.14. The van der Waals surface area contributed by atoms with Gasteiger partial charge in [0.15, 0.2) is 0 Å². The highest BCUT2D eigenvalue weighted by Gasteiger charge is 2.07. The highest BCUT2D eigenvalue weighted by atomic mass is 19.1. The number of aliphatic carboxylic acids is 1. The van der Waals surface area contributed by atoms with Crippen LogP contribution in [0.1, 0.15) is 5.56 Å². The molecule has 0 amide bonds. The number of hydrogen-bond donors (Lipinski definition) is 1. The van der Waals surface area contributed by atoms with E-state index in [1.165, 1.54) is 6.07 Å². The zero-order valence-electron chi connectivity index (χ0n) is 8.93. The topological polar surface area (TPSA) is 50.2 Å². The zero-order chi connectivity index (χ0) is 12.3. The van der Waals surface area contributed by atoms with E-state index in [1.54, 1.807) is 36.7 Å². The first-order valence-electron chi connectivity index (χ1n) is 5.07. The molecule has 0 aliphatic rings. The normalized spacial score (nSPS) is 10.2. The van der Waals surface area contributed by atoms with Crippen molar-refractivity contribution >= 4 is 5.97 Å². The number of carboxylic acids is 1. The van der Waals surface area contributed by atoms with Crippen LogP contribution in [0.4, 0.5) is 4.39 Å². The second-order valence-electron chi connectivity index (χ2n) is 3.63. The van der Waals surface area contributed by atoms with E-state index in [0.717, 1.165) is 0 Å². The van der Waals surface area contributed by atoms with Gasteiger partial charge < -0.3 is 5.11 Å². The Bertz CT molecular complexity index is 540. The third-order valence-corrected chi connectivity index (χ3v) is 2.36. The molecule has 2 rings (SSSR count). The summed E-state index contributed by atoms with van der Waals surface area (Å²) < 4.78 is 13.8. The average Bonchev–Trinajstić information content (AvgIpc) is 2.29. The largest absolute Gasteiger partial charge is 0.481 e. The van der Waals surface area contributed by atoms with Crippen LogP contribution in [0.15, 0.2) is 42.7 Å². The van der Waals surface area contributed by atoms with Gasteiger partial charge in [0, 0.05) is 23.5 Å². The number of benzene rings is 1. The standard InChI is InChI=1S/C13H10FNO2/c14-12-6-9(7-13(16)17)3-4-11(12)10-2-1-5-15-8-10/h1-6,8H,7H2,(H,16,17). The molecule has 0 atom stereocenters. The van der Waals surface area contributed by atoms with Crippen LogP contribution in [0, 0.1) is 5.82 Å². The molecule has 2 aromatic rings. The van der Waals surface area contributed by atoms with E-state index in [9.17, 15) is 9.18 Å². The Morgan fingerprint density at radius 3 is 2.76 bits per heavy atom. The molecule has 0 saturated heterocycles. The van der Waals surface area contributed by atoms with Crippen LogP contribution in [0.25, 0.3) is 11.1 Å². The highest BCUT2D eigenvalue weighted by molar-refractivity contribution is 5.71. The molecule has 3 nitrogen and oxygen atoms in total. The molecule has 86 valence electrons. The first-order valence-corrected chi connectivity index (χ1v) is 5.07. The van der Waals surface area contributed by atoms with E-state index in [2.05, 4.69) is 4.98 Å². The molecular formula is C13H10FNO2. The van der Waals surface area contributed by atoms with Gasteiger partial charge in [-0.15, -0.1) is 0 Å². The van der Waals surface area contributed by atoms with Gasteiger partial charge in [-0.05, 0) is 17.7 Å². The first kappa shape index (κ1) is 11.3. The summed E-state index contributed by atoms with van der Waals surface area (Å²) in [6.45, 7) is 0. The SMILES string of the molecule is O=C(O)Cc1ccc(-c2cccnc2)c(F)c1. The van der Waals surface area contributed by atoms with Gasteiger partial charge in [0.25, 0.3) is 0 Å². The molecule has 0 spiro atoms. The van der Waals surface area contributed by atoms with Gasteiger partial charge in [-0.3, -0.25) is 9.78 Å². The highest BCUT2D eigenvalue weighted by Crippen LogP contribution is 2.22. The summed E-state index contributed by atoms with van der Waals surface area (Å²) in [5.74, 6) is -1.41. The molecule has 1 aromatic carbocycles. The van der Waals surface area contributed by atoms with Crippen molar-refractivity contribution < 1.29 is 14.3 Å². The lowest BCUT2D eigenvalue weighted by molar-refractivity contribution is -0.136. The number of carbonyl (C=O) groups is 1. The van der Waals surface area contributed by atoms with Gasteiger partial charge in [-0.25, -0.2) is 4.39 Å². The number of pyridine rings is 1. The number of halogens is 1. The summed E-state index contributed by atoms with van der Waals surface area (Å²) >= 11 is 0. The minimum Gasteiger partial charge on any atom is -0.481 e. The zero-order valence-corrected chi connectivity index (χ0v) is 8.93. The third kappa shape index (κ3) is 2.66. The van der Waals surface area contributed by atoms with Gasteiger partial charge >= 0.3 is 5.97 Å². The Morgan fingerprint density at radius 2 is 2.18 bits per heavy atom. The van der Waals surface area contributed by atoms with Crippen molar-refractivity contribution in [2.24, 2.45) is 0 Å². The maximum absolute atomic E-state index is 13.8. The second kappa shape index (κ2) is 4.74. The number of aromatic nitrogens is 1. The molecule has 0 fully saturated rings. The van der Waals surface area contributed by atoms with Crippen molar-refractivity contribution in [1.29, 1.82) is 0 Å². The van der Waals surface area contributed by atoms with Gasteiger partial charge in [0.05, 0.1) is 6.42 Å².